The van der Waals surface area contributed by atoms with Gasteiger partial charge in [0.1, 0.15) is 0 Å². The Balaban J connectivity index is 2.52. The van der Waals surface area contributed by atoms with E-state index in [9.17, 15) is 9.90 Å². The molecular formula is C14H18O3. The second-order valence-electron chi connectivity index (χ2n) is 3.77. The van der Waals surface area contributed by atoms with Gasteiger partial charge in [-0.05, 0) is 36.6 Å². The number of hydrogen-bond donors (Lipinski definition) is 1. The average Bonchev–Trinajstić information content (AvgIpc) is 2.36. The third-order valence-electron chi connectivity index (χ3n) is 2.50. The molecule has 3 nitrogen and oxygen atoms in total. The molecule has 0 aliphatic heterocycles. The van der Waals surface area contributed by atoms with Crippen molar-refractivity contribution >= 4 is 5.78 Å². The lowest BCUT2D eigenvalue weighted by molar-refractivity contribution is -0.114. The lowest BCUT2D eigenvalue weighted by Crippen LogP contribution is -1.90. The van der Waals surface area contributed by atoms with E-state index in [2.05, 4.69) is 0 Å². The van der Waals surface area contributed by atoms with E-state index in [1.807, 2.05) is 25.1 Å². The van der Waals surface area contributed by atoms with Crippen LogP contribution < -0.4 is 4.74 Å². The van der Waals surface area contributed by atoms with Gasteiger partial charge in [0.05, 0.1) is 7.11 Å². The number of hydrogen-bond acceptors (Lipinski definition) is 3. The van der Waals surface area contributed by atoms with Gasteiger partial charge in [-0.1, -0.05) is 19.1 Å². The van der Waals surface area contributed by atoms with E-state index in [-0.39, 0.29) is 11.5 Å². The quantitative estimate of drug-likeness (QED) is 0.770. The Morgan fingerprint density at radius 1 is 1.47 bits per heavy atom. The van der Waals surface area contributed by atoms with Crippen LogP contribution in [0, 0.1) is 0 Å². The highest BCUT2D eigenvalue weighted by atomic mass is 16.5. The number of ketones is 1. The minimum atomic E-state index is 0.146. The summed E-state index contributed by atoms with van der Waals surface area (Å²) in [7, 11) is 1.53. The number of aryl methyl sites for hydroxylation is 1. The predicted octanol–water partition coefficient (Wildman–Crippen LogP) is 2.87. The summed E-state index contributed by atoms with van der Waals surface area (Å²) in [6, 6.07) is 5.28. The van der Waals surface area contributed by atoms with Gasteiger partial charge in [0.15, 0.2) is 17.3 Å². The molecule has 1 rings (SSSR count). The number of phenols is 1. The summed E-state index contributed by atoms with van der Waals surface area (Å²) < 4.78 is 5.03. The van der Waals surface area contributed by atoms with Crippen LogP contribution in [0.15, 0.2) is 30.4 Å². The van der Waals surface area contributed by atoms with Gasteiger partial charge >= 0.3 is 0 Å². The van der Waals surface area contributed by atoms with Crippen molar-refractivity contribution < 1.29 is 14.6 Å². The molecule has 0 aromatic heterocycles. The van der Waals surface area contributed by atoms with Crippen molar-refractivity contribution in [2.45, 2.75) is 26.2 Å². The minimum Gasteiger partial charge on any atom is -0.504 e. The normalized spacial score (nSPS) is 10.7. The molecular weight excluding hydrogens is 216 g/mol. The highest BCUT2D eigenvalue weighted by Gasteiger charge is 2.01. The van der Waals surface area contributed by atoms with E-state index in [1.165, 1.54) is 7.11 Å². The van der Waals surface area contributed by atoms with Crippen LogP contribution in [-0.2, 0) is 11.2 Å². The first kappa shape index (κ1) is 13.3. The van der Waals surface area contributed by atoms with Crippen LogP contribution in [0.2, 0.25) is 0 Å². The molecule has 0 atom stereocenters. The maximum atomic E-state index is 11.0. The highest BCUT2D eigenvalue weighted by molar-refractivity contribution is 5.89. The SMILES string of the molecule is CCC(=O)C=CCCc1ccc(O)c(OC)c1. The Hall–Kier alpha value is -1.77. The standard InChI is InChI=1S/C14H18O3/c1-3-12(15)7-5-4-6-11-8-9-13(16)14(10-11)17-2/h5,7-10,16H,3-4,6H2,1-2H3. The fourth-order valence-electron chi connectivity index (χ4n) is 1.46. The van der Waals surface area contributed by atoms with E-state index >= 15 is 0 Å². The van der Waals surface area contributed by atoms with Crippen LogP contribution in [-0.4, -0.2) is 18.0 Å². The van der Waals surface area contributed by atoms with Crippen molar-refractivity contribution in [2.75, 3.05) is 7.11 Å². The van der Waals surface area contributed by atoms with Gasteiger partial charge in [0.25, 0.3) is 0 Å². The van der Waals surface area contributed by atoms with Crippen molar-refractivity contribution in [3.05, 3.63) is 35.9 Å². The molecule has 92 valence electrons. The first-order valence-corrected chi connectivity index (χ1v) is 5.72. The smallest absolute Gasteiger partial charge is 0.160 e. The number of benzene rings is 1. The first-order valence-electron chi connectivity index (χ1n) is 5.72. The van der Waals surface area contributed by atoms with Gasteiger partial charge in [-0.25, -0.2) is 0 Å². The summed E-state index contributed by atoms with van der Waals surface area (Å²) in [6.07, 6.45) is 5.68. The van der Waals surface area contributed by atoms with E-state index in [4.69, 9.17) is 4.74 Å². The number of carbonyl (C=O) groups is 1. The number of methoxy groups -OCH3 is 1. The number of rotatable bonds is 6. The zero-order valence-corrected chi connectivity index (χ0v) is 10.3. The number of carbonyl (C=O) groups excluding carboxylic acids is 1. The second kappa shape index (κ2) is 6.74. The minimum absolute atomic E-state index is 0.146. The highest BCUT2D eigenvalue weighted by Crippen LogP contribution is 2.26. The van der Waals surface area contributed by atoms with E-state index < -0.39 is 0 Å². The Labute approximate surface area is 102 Å². The van der Waals surface area contributed by atoms with Crippen molar-refractivity contribution in [3.8, 4) is 11.5 Å². The fraction of sp³-hybridized carbons (Fsp3) is 0.357. The zero-order chi connectivity index (χ0) is 12.7. The molecule has 0 unspecified atom stereocenters. The Morgan fingerprint density at radius 2 is 2.24 bits per heavy atom. The molecule has 0 aliphatic rings. The van der Waals surface area contributed by atoms with Crippen molar-refractivity contribution in [3.63, 3.8) is 0 Å². The molecule has 3 heteroatoms. The summed E-state index contributed by atoms with van der Waals surface area (Å²) in [6.45, 7) is 1.84. The fourth-order valence-corrected chi connectivity index (χ4v) is 1.46. The van der Waals surface area contributed by atoms with Gasteiger partial charge in [-0.2, -0.15) is 0 Å². The Bertz CT molecular complexity index is 408. The van der Waals surface area contributed by atoms with Crippen molar-refractivity contribution in [1.82, 2.24) is 0 Å². The summed E-state index contributed by atoms with van der Waals surface area (Å²) >= 11 is 0. The van der Waals surface area contributed by atoms with Crippen LogP contribution in [0.3, 0.4) is 0 Å². The predicted molar refractivity (Wildman–Crippen MR) is 67.4 cm³/mol. The first-order chi connectivity index (χ1) is 8.17. The van der Waals surface area contributed by atoms with Crippen molar-refractivity contribution in [1.29, 1.82) is 0 Å². The van der Waals surface area contributed by atoms with Gasteiger partial charge in [-0.3, -0.25) is 4.79 Å². The molecule has 0 amide bonds. The topological polar surface area (TPSA) is 46.5 Å². The largest absolute Gasteiger partial charge is 0.504 e. The molecule has 1 aromatic rings. The summed E-state index contributed by atoms with van der Waals surface area (Å²) in [5.74, 6) is 0.775. The van der Waals surface area contributed by atoms with Crippen LogP contribution in [0.1, 0.15) is 25.3 Å². The zero-order valence-electron chi connectivity index (χ0n) is 10.3. The summed E-state index contributed by atoms with van der Waals surface area (Å²) in [5.41, 5.74) is 1.08. The molecule has 0 radical (unpaired) electrons. The summed E-state index contributed by atoms with van der Waals surface area (Å²) in [5, 5.41) is 9.43. The van der Waals surface area contributed by atoms with Crippen LogP contribution >= 0.6 is 0 Å². The lowest BCUT2D eigenvalue weighted by Gasteiger charge is -2.05. The van der Waals surface area contributed by atoms with E-state index in [0.717, 1.165) is 18.4 Å². The maximum Gasteiger partial charge on any atom is 0.160 e. The number of allylic oxidation sites excluding steroid dienone is 2. The third-order valence-corrected chi connectivity index (χ3v) is 2.50. The molecule has 1 aromatic carbocycles. The van der Waals surface area contributed by atoms with Gasteiger partial charge in [0.2, 0.25) is 0 Å². The van der Waals surface area contributed by atoms with Gasteiger partial charge < -0.3 is 9.84 Å². The second-order valence-corrected chi connectivity index (χ2v) is 3.77. The Kier molecular flexibility index (Phi) is 5.27. The maximum absolute atomic E-state index is 11.0. The van der Waals surface area contributed by atoms with Crippen LogP contribution in [0.4, 0.5) is 0 Å². The average molecular weight is 234 g/mol. The van der Waals surface area contributed by atoms with Gasteiger partial charge in [-0.15, -0.1) is 0 Å². The Morgan fingerprint density at radius 3 is 2.88 bits per heavy atom. The molecule has 0 saturated carbocycles. The molecule has 1 N–H and O–H groups in total. The molecule has 0 aliphatic carbocycles. The number of aromatic hydroxyl groups is 1. The molecule has 0 heterocycles. The van der Waals surface area contributed by atoms with Crippen LogP contribution in [0.25, 0.3) is 0 Å². The van der Waals surface area contributed by atoms with E-state index in [0.29, 0.717) is 12.2 Å². The third kappa shape index (κ3) is 4.31. The molecule has 0 spiro atoms. The van der Waals surface area contributed by atoms with Gasteiger partial charge in [0, 0.05) is 6.42 Å². The molecule has 0 fully saturated rings. The van der Waals surface area contributed by atoms with Crippen LogP contribution in [0.5, 0.6) is 11.5 Å². The molecule has 17 heavy (non-hydrogen) atoms. The molecule has 0 bridgehead atoms. The number of ether oxygens (including phenoxy) is 1. The lowest BCUT2D eigenvalue weighted by atomic mass is 10.1. The monoisotopic (exact) mass is 234 g/mol. The van der Waals surface area contributed by atoms with E-state index in [1.54, 1.807) is 12.1 Å². The van der Waals surface area contributed by atoms with Crippen molar-refractivity contribution in [2.24, 2.45) is 0 Å². The number of phenolic OH excluding ortho intramolecular Hbond substituents is 1. The summed E-state index contributed by atoms with van der Waals surface area (Å²) in [4.78, 5) is 11.0. The molecule has 0 saturated heterocycles.